The number of nitrogens with one attached hydrogen (secondary N) is 2. The molecular weight excluding hydrogens is 238 g/mol. The van der Waals surface area contributed by atoms with E-state index < -0.39 is 11.4 Å². The Morgan fingerprint density at radius 3 is 2.50 bits per heavy atom. The van der Waals surface area contributed by atoms with Gasteiger partial charge < -0.3 is 26.2 Å². The van der Waals surface area contributed by atoms with Crippen LogP contribution in [0.15, 0.2) is 0 Å². The predicted molar refractivity (Wildman–Crippen MR) is 65.2 cm³/mol. The Hall–Kier alpha value is -1.34. The highest BCUT2D eigenvalue weighted by molar-refractivity contribution is 5.78. The van der Waals surface area contributed by atoms with Crippen LogP contribution in [0.3, 0.4) is 0 Å². The number of hydrogen-bond donors (Lipinski definition) is 4. The topological polar surface area (TPSA) is 114 Å². The molecule has 1 heterocycles. The van der Waals surface area contributed by atoms with Gasteiger partial charge in [0, 0.05) is 26.3 Å². The van der Waals surface area contributed by atoms with Crippen LogP contribution < -0.4 is 16.4 Å². The van der Waals surface area contributed by atoms with Gasteiger partial charge in [-0.25, -0.2) is 4.79 Å². The second-order valence-electron chi connectivity index (χ2n) is 4.45. The Balaban J connectivity index is 2.38. The quantitative estimate of drug-likeness (QED) is 0.481. The predicted octanol–water partition coefficient (Wildman–Crippen LogP) is -0.484. The van der Waals surface area contributed by atoms with E-state index >= 15 is 0 Å². The van der Waals surface area contributed by atoms with Gasteiger partial charge in [-0.3, -0.25) is 4.79 Å². The van der Waals surface area contributed by atoms with E-state index in [1.54, 1.807) is 0 Å². The Labute approximate surface area is 106 Å². The molecule has 0 aromatic heterocycles. The minimum atomic E-state index is -0.899. The van der Waals surface area contributed by atoms with Crippen molar-refractivity contribution in [2.75, 3.05) is 32.8 Å². The molecule has 1 rings (SSSR count). The van der Waals surface area contributed by atoms with Crippen LogP contribution in [-0.4, -0.2) is 50.0 Å². The molecule has 2 amide bonds. The molecule has 0 saturated carbocycles. The lowest BCUT2D eigenvalue weighted by molar-refractivity contribution is -0.154. The molecule has 5 N–H and O–H groups in total. The fourth-order valence-electron chi connectivity index (χ4n) is 1.84. The van der Waals surface area contributed by atoms with Gasteiger partial charge in [-0.05, 0) is 25.8 Å². The van der Waals surface area contributed by atoms with Crippen LogP contribution in [0.25, 0.3) is 0 Å². The maximum absolute atomic E-state index is 11.4. The van der Waals surface area contributed by atoms with Gasteiger partial charge in [0.1, 0.15) is 0 Å². The number of rotatable bonds is 6. The number of nitrogens with two attached hydrogens (primary N) is 1. The maximum atomic E-state index is 11.4. The van der Waals surface area contributed by atoms with Gasteiger partial charge in [-0.15, -0.1) is 0 Å². The van der Waals surface area contributed by atoms with Crippen molar-refractivity contribution in [3.05, 3.63) is 0 Å². The summed E-state index contributed by atoms with van der Waals surface area (Å²) >= 11 is 0. The van der Waals surface area contributed by atoms with Crippen molar-refractivity contribution in [3.8, 4) is 0 Å². The van der Waals surface area contributed by atoms with Crippen molar-refractivity contribution in [2.24, 2.45) is 11.1 Å². The lowest BCUT2D eigenvalue weighted by Gasteiger charge is -2.33. The number of aliphatic carboxylic acids is 1. The van der Waals surface area contributed by atoms with Crippen LogP contribution in [-0.2, 0) is 9.53 Å². The van der Waals surface area contributed by atoms with Crippen LogP contribution in [0.4, 0.5) is 4.79 Å². The van der Waals surface area contributed by atoms with Crippen molar-refractivity contribution < 1.29 is 19.4 Å². The molecule has 0 radical (unpaired) electrons. The first-order valence-electron chi connectivity index (χ1n) is 6.14. The summed E-state index contributed by atoms with van der Waals surface area (Å²) in [5.74, 6) is -0.881. The molecule has 104 valence electrons. The van der Waals surface area contributed by atoms with Gasteiger partial charge in [-0.2, -0.15) is 0 Å². The van der Waals surface area contributed by atoms with Crippen LogP contribution in [0.5, 0.6) is 0 Å². The van der Waals surface area contributed by atoms with Crippen LogP contribution in [0.2, 0.25) is 0 Å². The van der Waals surface area contributed by atoms with Gasteiger partial charge >= 0.3 is 12.0 Å². The normalized spacial score (nSPS) is 18.1. The molecule has 0 aliphatic carbocycles. The molecule has 7 heteroatoms. The number of hydrogen-bond acceptors (Lipinski definition) is 4. The van der Waals surface area contributed by atoms with Crippen molar-refractivity contribution in [1.29, 1.82) is 0 Å². The molecule has 0 aromatic rings. The lowest BCUT2D eigenvalue weighted by Crippen LogP contribution is -2.49. The summed E-state index contributed by atoms with van der Waals surface area (Å²) in [5, 5.41) is 14.5. The highest BCUT2D eigenvalue weighted by Gasteiger charge is 2.40. The SMILES string of the molecule is NCCCNC(=O)NCC1(C(=O)O)CCOCC1. The fraction of sp³-hybridized carbons (Fsp3) is 0.818. The summed E-state index contributed by atoms with van der Waals surface area (Å²) in [4.78, 5) is 22.7. The summed E-state index contributed by atoms with van der Waals surface area (Å²) in [6, 6.07) is -0.351. The number of carboxylic acids is 1. The molecule has 0 spiro atoms. The highest BCUT2D eigenvalue weighted by Crippen LogP contribution is 2.29. The largest absolute Gasteiger partial charge is 0.481 e. The minimum Gasteiger partial charge on any atom is -0.481 e. The molecule has 1 aliphatic heterocycles. The number of ether oxygens (including phenoxy) is 1. The molecule has 0 unspecified atom stereocenters. The lowest BCUT2D eigenvalue weighted by atomic mass is 9.80. The third kappa shape index (κ3) is 4.15. The summed E-state index contributed by atoms with van der Waals surface area (Å²) in [7, 11) is 0. The average Bonchev–Trinajstić information content (AvgIpc) is 2.37. The Morgan fingerprint density at radius 1 is 1.28 bits per heavy atom. The molecule has 1 saturated heterocycles. The average molecular weight is 259 g/mol. The number of carbonyl (C=O) groups is 2. The summed E-state index contributed by atoms with van der Waals surface area (Å²) < 4.78 is 5.16. The van der Waals surface area contributed by atoms with E-state index in [2.05, 4.69) is 10.6 Å². The van der Waals surface area contributed by atoms with E-state index in [4.69, 9.17) is 10.5 Å². The number of carboxylic acid groups (broad SMARTS) is 1. The third-order valence-corrected chi connectivity index (χ3v) is 3.16. The van der Waals surface area contributed by atoms with E-state index in [1.165, 1.54) is 0 Å². The van der Waals surface area contributed by atoms with Gasteiger partial charge in [0.25, 0.3) is 0 Å². The van der Waals surface area contributed by atoms with E-state index in [9.17, 15) is 14.7 Å². The Bertz CT molecular complexity index is 290. The summed E-state index contributed by atoms with van der Waals surface area (Å²) in [6.07, 6.45) is 1.54. The van der Waals surface area contributed by atoms with E-state index in [0.29, 0.717) is 45.6 Å². The van der Waals surface area contributed by atoms with Crippen molar-refractivity contribution >= 4 is 12.0 Å². The minimum absolute atomic E-state index is 0.125. The van der Waals surface area contributed by atoms with E-state index in [-0.39, 0.29) is 12.6 Å². The summed E-state index contributed by atoms with van der Waals surface area (Å²) in [6.45, 7) is 1.97. The number of amides is 2. The Morgan fingerprint density at radius 2 is 1.94 bits per heavy atom. The molecule has 7 nitrogen and oxygen atoms in total. The Kier molecular flexibility index (Phi) is 5.87. The molecule has 18 heavy (non-hydrogen) atoms. The molecular formula is C11H21N3O4. The van der Waals surface area contributed by atoms with Gasteiger partial charge in [-0.1, -0.05) is 0 Å². The number of urea groups is 1. The first-order valence-corrected chi connectivity index (χ1v) is 6.14. The fourth-order valence-corrected chi connectivity index (χ4v) is 1.84. The molecule has 1 fully saturated rings. The van der Waals surface area contributed by atoms with Crippen LogP contribution in [0, 0.1) is 5.41 Å². The van der Waals surface area contributed by atoms with Gasteiger partial charge in [0.15, 0.2) is 0 Å². The van der Waals surface area contributed by atoms with Crippen molar-refractivity contribution in [3.63, 3.8) is 0 Å². The standard InChI is InChI=1S/C11H21N3O4/c12-4-1-5-13-10(17)14-8-11(9(15)16)2-6-18-7-3-11/h1-8,12H2,(H,15,16)(H2,13,14,17). The van der Waals surface area contributed by atoms with E-state index in [0.717, 1.165) is 0 Å². The second-order valence-corrected chi connectivity index (χ2v) is 4.45. The third-order valence-electron chi connectivity index (χ3n) is 3.16. The van der Waals surface area contributed by atoms with Gasteiger partial charge in [0.2, 0.25) is 0 Å². The molecule has 0 atom stereocenters. The zero-order valence-electron chi connectivity index (χ0n) is 10.4. The maximum Gasteiger partial charge on any atom is 0.314 e. The first kappa shape index (κ1) is 14.7. The highest BCUT2D eigenvalue weighted by atomic mass is 16.5. The zero-order chi connectivity index (χ0) is 13.4. The van der Waals surface area contributed by atoms with Crippen molar-refractivity contribution in [2.45, 2.75) is 19.3 Å². The summed E-state index contributed by atoms with van der Waals surface area (Å²) in [5.41, 5.74) is 4.40. The second kappa shape index (κ2) is 7.17. The van der Waals surface area contributed by atoms with E-state index in [1.807, 2.05) is 0 Å². The molecule has 0 bridgehead atoms. The monoisotopic (exact) mass is 259 g/mol. The smallest absolute Gasteiger partial charge is 0.314 e. The van der Waals surface area contributed by atoms with Crippen molar-refractivity contribution in [1.82, 2.24) is 10.6 Å². The molecule has 1 aliphatic rings. The van der Waals surface area contributed by atoms with Crippen LogP contribution in [0.1, 0.15) is 19.3 Å². The van der Waals surface area contributed by atoms with Gasteiger partial charge in [0.05, 0.1) is 5.41 Å². The zero-order valence-corrected chi connectivity index (χ0v) is 10.4. The molecule has 0 aromatic carbocycles. The first-order chi connectivity index (χ1) is 8.60. The van der Waals surface area contributed by atoms with Crippen LogP contribution >= 0.6 is 0 Å². The number of carbonyl (C=O) groups excluding carboxylic acids is 1.